The van der Waals surface area contributed by atoms with Crippen LogP contribution in [0.2, 0.25) is 0 Å². The van der Waals surface area contributed by atoms with Crippen LogP contribution in [0.3, 0.4) is 0 Å². The molecule has 0 fully saturated rings. The van der Waals surface area contributed by atoms with E-state index in [0.29, 0.717) is 5.69 Å². The maximum Gasteiger partial charge on any atom is 0.338 e. The van der Waals surface area contributed by atoms with Crippen LogP contribution >= 0.6 is 0 Å². The third-order valence-electron chi connectivity index (χ3n) is 3.28. The second-order valence-electron chi connectivity index (χ2n) is 4.82. The summed E-state index contributed by atoms with van der Waals surface area (Å²) in [6, 6.07) is 10.1. The number of halogens is 1. The lowest BCUT2D eigenvalue weighted by Crippen LogP contribution is -2.12. The van der Waals surface area contributed by atoms with Crippen molar-refractivity contribution >= 4 is 17.3 Å². The average molecular weight is 273 g/mol. The van der Waals surface area contributed by atoms with E-state index in [2.05, 4.69) is 0 Å². The number of carbonyl (C=O) groups is 1. The number of aromatic carboxylic acids is 1. The molecule has 3 nitrogen and oxygen atoms in total. The van der Waals surface area contributed by atoms with E-state index in [1.165, 1.54) is 12.1 Å². The maximum absolute atomic E-state index is 13.7. The fraction of sp³-hybridized carbons (Fsp3) is 0.188. The smallest absolute Gasteiger partial charge is 0.338 e. The molecule has 0 saturated carbocycles. The van der Waals surface area contributed by atoms with Crippen LogP contribution in [0.4, 0.5) is 15.8 Å². The highest BCUT2D eigenvalue weighted by molar-refractivity contribution is 5.88. The van der Waals surface area contributed by atoms with Crippen molar-refractivity contribution in [3.8, 4) is 0 Å². The number of aryl methyl sites for hydroxylation is 2. The molecule has 0 heterocycles. The lowest BCUT2D eigenvalue weighted by atomic mass is 10.1. The van der Waals surface area contributed by atoms with Crippen LogP contribution in [-0.2, 0) is 0 Å². The molecular formula is C16H16FNO2. The van der Waals surface area contributed by atoms with Gasteiger partial charge in [-0.15, -0.1) is 0 Å². The Morgan fingerprint density at radius 3 is 2.40 bits per heavy atom. The minimum Gasteiger partial charge on any atom is -0.478 e. The van der Waals surface area contributed by atoms with Crippen molar-refractivity contribution in [2.75, 3.05) is 11.9 Å². The van der Waals surface area contributed by atoms with Gasteiger partial charge in [-0.3, -0.25) is 0 Å². The third-order valence-corrected chi connectivity index (χ3v) is 3.28. The summed E-state index contributed by atoms with van der Waals surface area (Å²) in [7, 11) is 1.83. The molecule has 104 valence electrons. The third kappa shape index (κ3) is 2.64. The Bertz CT molecular complexity index is 668. The molecule has 0 aliphatic carbocycles. The van der Waals surface area contributed by atoms with Gasteiger partial charge in [-0.2, -0.15) is 0 Å². The molecule has 0 unspecified atom stereocenters. The first-order chi connectivity index (χ1) is 9.40. The Hall–Kier alpha value is -2.36. The van der Waals surface area contributed by atoms with E-state index < -0.39 is 11.8 Å². The lowest BCUT2D eigenvalue weighted by Gasteiger charge is -2.22. The van der Waals surface area contributed by atoms with Gasteiger partial charge in [-0.1, -0.05) is 17.7 Å². The molecule has 20 heavy (non-hydrogen) atoms. The van der Waals surface area contributed by atoms with E-state index in [-0.39, 0.29) is 5.56 Å². The van der Waals surface area contributed by atoms with Crippen molar-refractivity contribution in [1.29, 1.82) is 0 Å². The van der Waals surface area contributed by atoms with Crippen LogP contribution in [0.25, 0.3) is 0 Å². The van der Waals surface area contributed by atoms with Gasteiger partial charge in [-0.05, 0) is 43.7 Å². The van der Waals surface area contributed by atoms with Gasteiger partial charge in [0, 0.05) is 18.4 Å². The highest BCUT2D eigenvalue weighted by Crippen LogP contribution is 2.28. The summed E-state index contributed by atoms with van der Waals surface area (Å²) in [6.45, 7) is 4.00. The predicted octanol–water partition coefficient (Wildman–Crippen LogP) is 3.91. The number of rotatable bonds is 3. The average Bonchev–Trinajstić information content (AvgIpc) is 2.37. The summed E-state index contributed by atoms with van der Waals surface area (Å²) in [5, 5.41) is 8.83. The highest BCUT2D eigenvalue weighted by Gasteiger charge is 2.13. The summed E-state index contributed by atoms with van der Waals surface area (Å²) in [5.41, 5.74) is 3.49. The standard InChI is InChI=1S/C16H16FNO2/c1-10-4-7-15(11(2)8-10)18(3)12-5-6-13(16(19)20)14(17)9-12/h4-9H,1-3H3,(H,19,20). The first-order valence-corrected chi connectivity index (χ1v) is 6.24. The van der Waals surface area contributed by atoms with E-state index in [9.17, 15) is 9.18 Å². The minimum absolute atomic E-state index is 0.317. The minimum atomic E-state index is -1.26. The molecule has 2 rings (SSSR count). The number of hydrogen-bond acceptors (Lipinski definition) is 2. The van der Waals surface area contributed by atoms with Crippen LogP contribution in [0.15, 0.2) is 36.4 Å². The van der Waals surface area contributed by atoms with Crippen molar-refractivity contribution < 1.29 is 14.3 Å². The Kier molecular flexibility index (Phi) is 3.74. The van der Waals surface area contributed by atoms with E-state index in [4.69, 9.17) is 5.11 Å². The first-order valence-electron chi connectivity index (χ1n) is 6.24. The van der Waals surface area contributed by atoms with Gasteiger partial charge in [-0.25, -0.2) is 9.18 Å². The summed E-state index contributed by atoms with van der Waals surface area (Å²) >= 11 is 0. The van der Waals surface area contributed by atoms with Crippen molar-refractivity contribution in [3.05, 3.63) is 58.9 Å². The molecule has 0 radical (unpaired) electrons. The van der Waals surface area contributed by atoms with Gasteiger partial charge in [0.1, 0.15) is 5.82 Å². The molecule has 2 aromatic rings. The zero-order chi connectivity index (χ0) is 14.9. The second-order valence-corrected chi connectivity index (χ2v) is 4.82. The number of hydrogen-bond donors (Lipinski definition) is 1. The Balaban J connectivity index is 2.40. The SMILES string of the molecule is Cc1ccc(N(C)c2ccc(C(=O)O)c(F)c2)c(C)c1. The largest absolute Gasteiger partial charge is 0.478 e. The van der Waals surface area contributed by atoms with Gasteiger partial charge in [0.05, 0.1) is 5.56 Å². The number of carboxylic acids is 1. The topological polar surface area (TPSA) is 40.5 Å². The Morgan fingerprint density at radius 2 is 1.85 bits per heavy atom. The number of anilines is 2. The number of benzene rings is 2. The zero-order valence-electron chi connectivity index (χ0n) is 11.6. The number of nitrogens with zero attached hydrogens (tertiary/aromatic N) is 1. The fourth-order valence-electron chi connectivity index (χ4n) is 2.21. The quantitative estimate of drug-likeness (QED) is 0.921. The van der Waals surface area contributed by atoms with Gasteiger partial charge >= 0.3 is 5.97 Å². The van der Waals surface area contributed by atoms with Crippen LogP contribution in [0, 0.1) is 19.7 Å². The molecule has 0 atom stereocenters. The molecule has 1 N–H and O–H groups in total. The second kappa shape index (κ2) is 5.33. The zero-order valence-corrected chi connectivity index (χ0v) is 11.6. The molecule has 0 aliphatic rings. The summed E-state index contributed by atoms with van der Waals surface area (Å²) in [6.07, 6.45) is 0. The van der Waals surface area contributed by atoms with Crippen LogP contribution < -0.4 is 4.90 Å². The lowest BCUT2D eigenvalue weighted by molar-refractivity contribution is 0.0692. The highest BCUT2D eigenvalue weighted by atomic mass is 19.1. The van der Waals surface area contributed by atoms with Crippen LogP contribution in [-0.4, -0.2) is 18.1 Å². The Morgan fingerprint density at radius 1 is 1.15 bits per heavy atom. The molecule has 0 aromatic heterocycles. The normalized spacial score (nSPS) is 10.4. The van der Waals surface area contributed by atoms with E-state index >= 15 is 0 Å². The molecule has 0 spiro atoms. The first kappa shape index (κ1) is 14.1. The molecule has 0 saturated heterocycles. The van der Waals surface area contributed by atoms with Crippen molar-refractivity contribution in [3.63, 3.8) is 0 Å². The molecular weight excluding hydrogens is 257 g/mol. The fourth-order valence-corrected chi connectivity index (χ4v) is 2.21. The van der Waals surface area contributed by atoms with Crippen LogP contribution in [0.1, 0.15) is 21.5 Å². The molecule has 0 amide bonds. The van der Waals surface area contributed by atoms with Crippen molar-refractivity contribution in [2.45, 2.75) is 13.8 Å². The van der Waals surface area contributed by atoms with E-state index in [1.54, 1.807) is 6.07 Å². The maximum atomic E-state index is 13.7. The number of carboxylic acid groups (broad SMARTS) is 1. The van der Waals surface area contributed by atoms with Crippen LogP contribution in [0.5, 0.6) is 0 Å². The van der Waals surface area contributed by atoms with Gasteiger partial charge in [0.2, 0.25) is 0 Å². The molecule has 0 bridgehead atoms. The van der Waals surface area contributed by atoms with Gasteiger partial charge in [0.15, 0.2) is 0 Å². The Labute approximate surface area is 117 Å². The molecule has 2 aromatic carbocycles. The molecule has 4 heteroatoms. The van der Waals surface area contributed by atoms with Crippen molar-refractivity contribution in [1.82, 2.24) is 0 Å². The van der Waals surface area contributed by atoms with Gasteiger partial charge in [0.25, 0.3) is 0 Å². The predicted molar refractivity (Wildman–Crippen MR) is 77.3 cm³/mol. The summed E-state index contributed by atoms with van der Waals surface area (Å²) in [5.74, 6) is -1.99. The molecule has 0 aliphatic heterocycles. The summed E-state index contributed by atoms with van der Waals surface area (Å²) < 4.78 is 13.7. The van der Waals surface area contributed by atoms with E-state index in [1.807, 2.05) is 44.0 Å². The van der Waals surface area contributed by atoms with E-state index in [0.717, 1.165) is 16.8 Å². The monoisotopic (exact) mass is 273 g/mol. The summed E-state index contributed by atoms with van der Waals surface area (Å²) in [4.78, 5) is 12.6. The van der Waals surface area contributed by atoms with Crippen molar-refractivity contribution in [2.24, 2.45) is 0 Å². The van der Waals surface area contributed by atoms with Gasteiger partial charge < -0.3 is 10.0 Å².